The molecule has 5 atom stereocenters. The number of likely N-dealkylation sites (N-methyl/N-ethyl adjacent to an activating group) is 1. The van der Waals surface area contributed by atoms with Crippen molar-refractivity contribution in [2.75, 3.05) is 27.5 Å². The molecule has 0 spiro atoms. The summed E-state index contributed by atoms with van der Waals surface area (Å²) in [6.07, 6.45) is 0.841. The Bertz CT molecular complexity index is 1610. The molecule has 2 aromatic rings. The lowest BCUT2D eigenvalue weighted by molar-refractivity contribution is -0.137. The number of phenolic OH excluding ortho intramolecular Hbond substituents is 1. The highest BCUT2D eigenvalue weighted by molar-refractivity contribution is 6.35. The Morgan fingerprint density at radius 1 is 1.12 bits per heavy atom. The van der Waals surface area contributed by atoms with Crippen molar-refractivity contribution in [2.45, 2.75) is 70.7 Å². The molecule has 2 bridgehead atoms. The van der Waals surface area contributed by atoms with E-state index in [-0.39, 0.29) is 31.2 Å². The number of phenols is 1. The van der Waals surface area contributed by atoms with Gasteiger partial charge in [0.15, 0.2) is 23.0 Å². The average molecular weight is 591 g/mol. The van der Waals surface area contributed by atoms with Crippen molar-refractivity contribution in [2.24, 2.45) is 0 Å². The lowest BCUT2D eigenvalue weighted by atomic mass is 9.71. The predicted molar refractivity (Wildman–Crippen MR) is 151 cm³/mol. The molecule has 0 aliphatic carbocycles. The number of aryl methyl sites for hydroxylation is 1. The quantitative estimate of drug-likeness (QED) is 0.300. The Kier molecular flexibility index (Phi) is 6.98. The van der Waals surface area contributed by atoms with Crippen LogP contribution in [0, 0.1) is 25.2 Å². The molecule has 4 aliphatic rings. The van der Waals surface area contributed by atoms with Gasteiger partial charge in [0.25, 0.3) is 5.91 Å². The number of Topliss-reactive ketones (excluding diaryl/α,β-unsaturated/α-hetero) is 1. The van der Waals surface area contributed by atoms with Crippen molar-refractivity contribution in [3.63, 3.8) is 0 Å². The molecule has 4 heterocycles. The second-order valence-electron chi connectivity index (χ2n) is 11.6. The number of ether oxygens (including phenoxy) is 4. The molecule has 0 aromatic heterocycles. The first-order chi connectivity index (χ1) is 20.5. The summed E-state index contributed by atoms with van der Waals surface area (Å²) in [5.74, 6) is -0.226. The molecular weight excluding hydrogens is 556 g/mol. The number of esters is 1. The van der Waals surface area contributed by atoms with E-state index in [2.05, 4.69) is 21.2 Å². The van der Waals surface area contributed by atoms with Crippen molar-refractivity contribution >= 4 is 17.7 Å². The van der Waals surface area contributed by atoms with Gasteiger partial charge in [0.05, 0.1) is 25.3 Å². The molecule has 2 unspecified atom stereocenters. The number of hydrogen-bond donors (Lipinski definition) is 2. The summed E-state index contributed by atoms with van der Waals surface area (Å²) in [7, 11) is 3.47. The number of benzene rings is 2. The van der Waals surface area contributed by atoms with Gasteiger partial charge in [0.2, 0.25) is 12.6 Å². The van der Waals surface area contributed by atoms with Crippen molar-refractivity contribution in [3.8, 4) is 34.8 Å². The highest BCUT2D eigenvalue weighted by atomic mass is 16.7. The van der Waals surface area contributed by atoms with Crippen LogP contribution < -0.4 is 24.3 Å². The van der Waals surface area contributed by atoms with Crippen LogP contribution in [0.3, 0.4) is 0 Å². The Labute approximate surface area is 249 Å². The summed E-state index contributed by atoms with van der Waals surface area (Å²) in [5, 5.41) is 25.0. The third-order valence-electron chi connectivity index (χ3n) is 9.29. The number of methoxy groups -OCH3 is 1. The number of rotatable bonds is 5. The fourth-order valence-electron chi connectivity index (χ4n) is 7.62. The zero-order valence-electron chi connectivity index (χ0n) is 24.9. The lowest BCUT2D eigenvalue weighted by Gasteiger charge is -2.60. The van der Waals surface area contributed by atoms with Gasteiger partial charge in [-0.25, -0.2) is 0 Å². The van der Waals surface area contributed by atoms with E-state index in [1.54, 1.807) is 6.92 Å². The first-order valence-electron chi connectivity index (χ1n) is 14.2. The molecule has 0 saturated carbocycles. The highest BCUT2D eigenvalue weighted by Crippen LogP contribution is 2.58. The summed E-state index contributed by atoms with van der Waals surface area (Å²) < 4.78 is 23.2. The van der Waals surface area contributed by atoms with Crippen LogP contribution in [0.2, 0.25) is 0 Å². The van der Waals surface area contributed by atoms with Crippen LogP contribution in [0.4, 0.5) is 0 Å². The number of carbonyl (C=O) groups is 3. The number of hydrogen-bond acceptors (Lipinski definition) is 11. The van der Waals surface area contributed by atoms with Crippen molar-refractivity contribution in [1.29, 1.82) is 5.26 Å². The summed E-state index contributed by atoms with van der Waals surface area (Å²) in [6.45, 7) is 6.13. The molecule has 2 aromatic carbocycles. The smallest absolute Gasteiger partial charge is 0.308 e. The van der Waals surface area contributed by atoms with Crippen molar-refractivity contribution < 1.29 is 38.4 Å². The van der Waals surface area contributed by atoms with Crippen LogP contribution in [0.15, 0.2) is 6.07 Å². The number of ketones is 1. The average Bonchev–Trinajstić information content (AvgIpc) is 3.44. The molecule has 1 fully saturated rings. The topological polar surface area (TPSA) is 151 Å². The Morgan fingerprint density at radius 3 is 2.49 bits per heavy atom. The predicted octanol–water partition coefficient (Wildman–Crippen LogP) is 2.15. The van der Waals surface area contributed by atoms with Crippen LogP contribution in [0.25, 0.3) is 0 Å². The maximum Gasteiger partial charge on any atom is 0.308 e. The maximum absolute atomic E-state index is 12.5. The first kappa shape index (κ1) is 28.8. The Balaban J connectivity index is 1.61. The number of piperazine rings is 1. The summed E-state index contributed by atoms with van der Waals surface area (Å²) in [6, 6.07) is 2.21. The number of aromatic hydroxyl groups is 1. The van der Waals surface area contributed by atoms with E-state index >= 15 is 0 Å². The zero-order chi connectivity index (χ0) is 30.9. The normalized spacial score (nSPS) is 25.1. The number of amides is 1. The summed E-state index contributed by atoms with van der Waals surface area (Å²) >= 11 is 0. The van der Waals surface area contributed by atoms with Gasteiger partial charge in [0, 0.05) is 54.7 Å². The van der Waals surface area contributed by atoms with Crippen LogP contribution in [0.5, 0.6) is 28.7 Å². The molecule has 1 saturated heterocycles. The summed E-state index contributed by atoms with van der Waals surface area (Å²) in [5.41, 5.74) is 4.39. The minimum Gasteiger partial charge on any atom is -0.504 e. The van der Waals surface area contributed by atoms with E-state index < -0.39 is 35.8 Å². The molecule has 226 valence electrons. The van der Waals surface area contributed by atoms with Crippen molar-refractivity contribution in [3.05, 3.63) is 39.4 Å². The molecule has 12 heteroatoms. The molecule has 4 aliphatic heterocycles. The molecule has 6 rings (SSSR count). The molecule has 2 N–H and O–H groups in total. The van der Waals surface area contributed by atoms with E-state index in [0.29, 0.717) is 58.1 Å². The third-order valence-corrected chi connectivity index (χ3v) is 9.29. The second kappa shape index (κ2) is 10.4. The van der Waals surface area contributed by atoms with E-state index in [1.165, 1.54) is 21.0 Å². The van der Waals surface area contributed by atoms with E-state index in [9.17, 15) is 24.8 Å². The lowest BCUT2D eigenvalue weighted by Crippen LogP contribution is -2.68. The Hall–Kier alpha value is -4.34. The van der Waals surface area contributed by atoms with Gasteiger partial charge in [-0.3, -0.25) is 24.2 Å². The van der Waals surface area contributed by atoms with E-state index in [4.69, 9.17) is 18.9 Å². The van der Waals surface area contributed by atoms with Gasteiger partial charge in [-0.1, -0.05) is 6.07 Å². The second-order valence-corrected chi connectivity index (χ2v) is 11.6. The standard InChI is InChI=1S/C31H34N4O8/c1-13-7-17-8-19-21(10-32)35-20(25(34(19)5)23(17)26(38)27(13)40-6)9-18-24(22(35)11-33-31(39)15(3)36)30-29(41-12-42-30)14(2)28(18)43-16(4)37/h7,19-22,25,38H,8-9,11-12H2,1-6H3,(H,33,39)/t19-,20?,21?,22-,25-/m0/s1. The monoisotopic (exact) mass is 590 g/mol. The van der Waals surface area contributed by atoms with Gasteiger partial charge in [-0.05, 0) is 44.9 Å². The molecule has 43 heavy (non-hydrogen) atoms. The fourth-order valence-corrected chi connectivity index (χ4v) is 7.62. The minimum absolute atomic E-state index is 0.0162. The van der Waals surface area contributed by atoms with Crippen LogP contribution >= 0.6 is 0 Å². The van der Waals surface area contributed by atoms with Gasteiger partial charge in [-0.15, -0.1) is 0 Å². The van der Waals surface area contributed by atoms with E-state index in [1.807, 2.05) is 20.0 Å². The van der Waals surface area contributed by atoms with Crippen molar-refractivity contribution in [1.82, 2.24) is 15.1 Å². The fraction of sp³-hybridized carbons (Fsp3) is 0.484. The first-order valence-corrected chi connectivity index (χ1v) is 14.2. The Morgan fingerprint density at radius 2 is 1.84 bits per heavy atom. The molecule has 1 amide bonds. The highest BCUT2D eigenvalue weighted by Gasteiger charge is 2.56. The number of carbonyl (C=O) groups excluding carboxylic acids is 3. The molecule has 12 nitrogen and oxygen atoms in total. The molecule has 0 radical (unpaired) electrons. The zero-order valence-corrected chi connectivity index (χ0v) is 24.9. The van der Waals surface area contributed by atoms with Crippen LogP contribution in [-0.4, -0.2) is 78.2 Å². The van der Waals surface area contributed by atoms with Gasteiger partial charge in [-0.2, -0.15) is 5.26 Å². The maximum atomic E-state index is 12.5. The number of fused-ring (bicyclic) bond motifs is 9. The number of nitrogens with zero attached hydrogens (tertiary/aromatic N) is 3. The largest absolute Gasteiger partial charge is 0.504 e. The van der Waals surface area contributed by atoms with E-state index in [0.717, 1.165) is 11.1 Å². The minimum atomic E-state index is -0.754. The van der Waals surface area contributed by atoms with Gasteiger partial charge in [0.1, 0.15) is 11.8 Å². The molecular formula is C31H34N4O8. The summed E-state index contributed by atoms with van der Waals surface area (Å²) in [4.78, 5) is 41.0. The third kappa shape index (κ3) is 4.21. The SMILES string of the molecule is COc1c(C)cc2c(c1O)[C@@H]1C3Cc4c(OC(C)=O)c(C)c5c(c4[C@H](CNC(=O)C(C)=O)N3C(C#N)[C@H](C2)N1C)OCO5. The van der Waals surface area contributed by atoms with Gasteiger partial charge < -0.3 is 29.4 Å². The number of nitriles is 1. The number of nitrogens with one attached hydrogen (secondary N) is 1. The van der Waals surface area contributed by atoms with Gasteiger partial charge >= 0.3 is 5.97 Å². The van der Waals surface area contributed by atoms with Crippen LogP contribution in [0.1, 0.15) is 59.3 Å². The van der Waals surface area contributed by atoms with Crippen LogP contribution in [-0.2, 0) is 27.2 Å².